The van der Waals surface area contributed by atoms with Crippen molar-refractivity contribution in [2.75, 3.05) is 9.80 Å². The molecular weight excluding hydrogens is 887 g/mol. The second-order valence-electron chi connectivity index (χ2n) is 18.6. The maximum absolute atomic E-state index is 2.43. The average molecular weight is 938 g/mol. The van der Waals surface area contributed by atoms with Crippen LogP contribution < -0.4 is 9.80 Å². The monoisotopic (exact) mass is 937 g/mol. The summed E-state index contributed by atoms with van der Waals surface area (Å²) in [4.78, 5) is 4.68. The second kappa shape index (κ2) is 18.3. The van der Waals surface area contributed by atoms with Gasteiger partial charge in [0.2, 0.25) is 0 Å². The van der Waals surface area contributed by atoms with Gasteiger partial charge in [0.15, 0.2) is 0 Å². The van der Waals surface area contributed by atoms with Gasteiger partial charge in [-0.15, -0.1) is 0 Å². The maximum atomic E-state index is 2.43. The number of fused-ring (bicyclic) bond motifs is 7. The fourth-order valence-corrected chi connectivity index (χ4v) is 11.1. The molecule has 348 valence electrons. The Morgan fingerprint density at radius 1 is 0.342 bits per heavy atom. The first kappa shape index (κ1) is 43.4. The van der Waals surface area contributed by atoms with Crippen molar-refractivity contribution in [1.29, 1.82) is 0 Å². The standard InChI is InChI=1S/C68H51N5/c1-3-22-63-60(45-48(2)69(49-23-8-4-9-24-49)50-25-10-5-11-26-50)57-31-16-19-34-64(57)71(63)55-41-37-53(38-42-55)70(51-27-12-6-13-28-51)54-39-43-56(44-40-54)73-66-36-21-18-33-59(66)62-46-67-61(47-68(62)73)58-32-17-20-35-65(58)72(67)52-29-14-7-15-30-52/h3-47H,1-2H3/b22-3+,48-45+. The van der Waals surface area contributed by atoms with Crippen LogP contribution in [0.3, 0.4) is 0 Å². The molecule has 0 aliphatic carbocycles. The van der Waals surface area contributed by atoms with Crippen molar-refractivity contribution in [2.24, 2.45) is 0 Å². The van der Waals surface area contributed by atoms with Gasteiger partial charge in [-0.1, -0.05) is 133 Å². The van der Waals surface area contributed by atoms with Gasteiger partial charge in [0.05, 0.1) is 33.3 Å². The van der Waals surface area contributed by atoms with Crippen molar-refractivity contribution >= 4 is 95.1 Å². The lowest BCUT2D eigenvalue weighted by Crippen LogP contribution is -2.14. The summed E-state index contributed by atoms with van der Waals surface area (Å²) in [5, 5.41) is 6.12. The van der Waals surface area contributed by atoms with E-state index in [0.29, 0.717) is 0 Å². The van der Waals surface area contributed by atoms with E-state index >= 15 is 0 Å². The van der Waals surface area contributed by atoms with Crippen molar-refractivity contribution in [3.8, 4) is 17.1 Å². The highest BCUT2D eigenvalue weighted by atomic mass is 15.2. The van der Waals surface area contributed by atoms with Gasteiger partial charge in [-0.2, -0.15) is 0 Å². The molecule has 0 atom stereocenters. The third-order valence-corrected chi connectivity index (χ3v) is 14.2. The number of hydrogen-bond acceptors (Lipinski definition) is 2. The van der Waals surface area contributed by atoms with Crippen LogP contribution in [0.15, 0.2) is 267 Å². The zero-order valence-corrected chi connectivity index (χ0v) is 40.7. The lowest BCUT2D eigenvalue weighted by Gasteiger charge is -2.26. The Morgan fingerprint density at radius 3 is 1.19 bits per heavy atom. The third kappa shape index (κ3) is 7.49. The van der Waals surface area contributed by atoms with Gasteiger partial charge < -0.3 is 23.5 Å². The fraction of sp³-hybridized carbons (Fsp3) is 0.0294. The van der Waals surface area contributed by atoms with E-state index in [1.807, 2.05) is 0 Å². The molecule has 0 saturated carbocycles. The number of para-hydroxylation sites is 7. The van der Waals surface area contributed by atoms with Crippen molar-refractivity contribution < 1.29 is 0 Å². The van der Waals surface area contributed by atoms with Crippen LogP contribution in [0.4, 0.5) is 28.4 Å². The molecule has 0 spiro atoms. The van der Waals surface area contributed by atoms with E-state index in [2.05, 4.69) is 310 Å². The largest absolute Gasteiger partial charge is 0.314 e. The van der Waals surface area contributed by atoms with Crippen molar-refractivity contribution in [3.63, 3.8) is 0 Å². The van der Waals surface area contributed by atoms with E-state index < -0.39 is 0 Å². The van der Waals surface area contributed by atoms with E-state index in [0.717, 1.165) is 62.4 Å². The molecule has 0 N–H and O–H groups in total. The predicted octanol–water partition coefficient (Wildman–Crippen LogP) is 18.5. The van der Waals surface area contributed by atoms with E-state index in [1.165, 1.54) is 54.6 Å². The van der Waals surface area contributed by atoms with Gasteiger partial charge in [0.1, 0.15) is 0 Å². The highest BCUT2D eigenvalue weighted by Gasteiger charge is 2.22. The van der Waals surface area contributed by atoms with Crippen molar-refractivity contribution in [2.45, 2.75) is 13.8 Å². The van der Waals surface area contributed by atoms with Crippen LogP contribution in [0.5, 0.6) is 0 Å². The van der Waals surface area contributed by atoms with Crippen LogP contribution in [0.1, 0.15) is 25.1 Å². The second-order valence-corrected chi connectivity index (χ2v) is 18.6. The summed E-state index contributed by atoms with van der Waals surface area (Å²) in [5.41, 5.74) is 18.1. The summed E-state index contributed by atoms with van der Waals surface area (Å²) in [5.74, 6) is 0. The SMILES string of the molecule is C/C=C/c1c(/C=C(\C)N(c2ccccc2)c2ccccc2)c2ccccc2n1-c1ccc(N(c2ccccc2)c2ccc(-n3c4ccccc4c4cc5c(cc43)c3ccccc3n5-c3ccccc3)cc2)cc1. The molecule has 0 unspecified atom stereocenters. The first-order valence-corrected chi connectivity index (χ1v) is 25.1. The Kier molecular flexibility index (Phi) is 10.9. The fourth-order valence-electron chi connectivity index (χ4n) is 11.1. The highest BCUT2D eigenvalue weighted by molar-refractivity contribution is 6.19. The Labute approximate surface area is 425 Å². The van der Waals surface area contributed by atoms with Gasteiger partial charge in [-0.3, -0.25) is 0 Å². The van der Waals surface area contributed by atoms with Gasteiger partial charge in [-0.25, -0.2) is 0 Å². The summed E-state index contributed by atoms with van der Waals surface area (Å²) >= 11 is 0. The lowest BCUT2D eigenvalue weighted by atomic mass is 10.1. The van der Waals surface area contributed by atoms with Crippen LogP contribution in [-0.4, -0.2) is 13.7 Å². The van der Waals surface area contributed by atoms with Gasteiger partial charge >= 0.3 is 0 Å². The summed E-state index contributed by atoms with van der Waals surface area (Å²) in [6.07, 6.45) is 6.72. The number of anilines is 5. The third-order valence-electron chi connectivity index (χ3n) is 14.2. The molecule has 5 heteroatoms. The minimum atomic E-state index is 1.07. The Bertz CT molecular complexity index is 4140. The molecule has 0 aliphatic rings. The minimum absolute atomic E-state index is 1.07. The Morgan fingerprint density at radius 2 is 0.712 bits per heavy atom. The van der Waals surface area contributed by atoms with Gasteiger partial charge in [-0.05, 0) is 153 Å². The summed E-state index contributed by atoms with van der Waals surface area (Å²) in [6, 6.07) is 91.8. The maximum Gasteiger partial charge on any atom is 0.0548 e. The smallest absolute Gasteiger partial charge is 0.0548 e. The minimum Gasteiger partial charge on any atom is -0.314 e. The summed E-state index contributed by atoms with van der Waals surface area (Å²) in [6.45, 7) is 4.30. The molecule has 0 bridgehead atoms. The first-order chi connectivity index (χ1) is 36.1. The van der Waals surface area contributed by atoms with Crippen LogP contribution in [-0.2, 0) is 0 Å². The number of aromatic nitrogens is 3. The molecule has 3 aromatic heterocycles. The number of rotatable bonds is 11. The van der Waals surface area contributed by atoms with Crippen LogP contribution in [0.25, 0.3) is 83.7 Å². The van der Waals surface area contributed by atoms with Crippen LogP contribution >= 0.6 is 0 Å². The molecule has 13 aromatic rings. The molecule has 73 heavy (non-hydrogen) atoms. The zero-order valence-electron chi connectivity index (χ0n) is 40.7. The zero-order chi connectivity index (χ0) is 48.8. The van der Waals surface area contributed by atoms with Gasteiger partial charge in [0, 0.05) is 83.7 Å². The molecule has 0 aliphatic heterocycles. The summed E-state index contributed by atoms with van der Waals surface area (Å²) in [7, 11) is 0. The van der Waals surface area contributed by atoms with E-state index in [4.69, 9.17) is 0 Å². The molecule has 0 saturated heterocycles. The number of allylic oxidation sites excluding steroid dienone is 2. The van der Waals surface area contributed by atoms with Crippen LogP contribution in [0, 0.1) is 0 Å². The Hall–Kier alpha value is -9.58. The molecule has 5 nitrogen and oxygen atoms in total. The van der Waals surface area contributed by atoms with E-state index in [1.54, 1.807) is 0 Å². The number of hydrogen-bond donors (Lipinski definition) is 0. The van der Waals surface area contributed by atoms with E-state index in [-0.39, 0.29) is 0 Å². The Balaban J connectivity index is 0.904. The topological polar surface area (TPSA) is 21.3 Å². The van der Waals surface area contributed by atoms with E-state index in [9.17, 15) is 0 Å². The van der Waals surface area contributed by atoms with Crippen molar-refractivity contribution in [3.05, 3.63) is 278 Å². The normalized spacial score (nSPS) is 12.0. The molecule has 0 fully saturated rings. The molecule has 10 aromatic carbocycles. The number of nitrogens with zero attached hydrogens (tertiary/aromatic N) is 5. The van der Waals surface area contributed by atoms with Gasteiger partial charge in [0.25, 0.3) is 0 Å². The average Bonchev–Trinajstić information content (AvgIpc) is 4.07. The van der Waals surface area contributed by atoms with Crippen LogP contribution in [0.2, 0.25) is 0 Å². The molecular formula is C68H51N5. The van der Waals surface area contributed by atoms with Crippen molar-refractivity contribution in [1.82, 2.24) is 13.7 Å². The molecule has 13 rings (SSSR count). The first-order valence-electron chi connectivity index (χ1n) is 25.1. The summed E-state index contributed by atoms with van der Waals surface area (Å²) < 4.78 is 7.23. The molecule has 3 heterocycles. The highest BCUT2D eigenvalue weighted by Crippen LogP contribution is 2.42. The predicted molar refractivity (Wildman–Crippen MR) is 310 cm³/mol. The molecule has 0 amide bonds. The number of benzene rings is 10. The molecule has 0 radical (unpaired) electrons. The lowest BCUT2D eigenvalue weighted by molar-refractivity contribution is 1.10. The quantitative estimate of drug-likeness (QED) is 0.129.